The summed E-state index contributed by atoms with van der Waals surface area (Å²) in [5.74, 6) is 0.0597. The summed E-state index contributed by atoms with van der Waals surface area (Å²) >= 11 is 1.27. The lowest BCUT2D eigenvalue weighted by Crippen LogP contribution is -2.14. The van der Waals surface area contributed by atoms with Crippen LogP contribution in [-0.4, -0.2) is 16.6 Å². The van der Waals surface area contributed by atoms with Crippen LogP contribution in [-0.2, 0) is 4.79 Å². The molecule has 0 atom stereocenters. The second-order valence-electron chi connectivity index (χ2n) is 6.23. The third-order valence-corrected chi connectivity index (χ3v) is 4.96. The van der Waals surface area contributed by atoms with Crippen molar-refractivity contribution in [2.45, 2.75) is 18.9 Å². The first kappa shape index (κ1) is 18.7. The van der Waals surface area contributed by atoms with Crippen LogP contribution in [0, 0.1) is 25.2 Å². The first-order valence-electron chi connectivity index (χ1n) is 8.52. The van der Waals surface area contributed by atoms with Crippen LogP contribution >= 0.6 is 11.8 Å². The summed E-state index contributed by atoms with van der Waals surface area (Å²) < 4.78 is 0. The Morgan fingerprint density at radius 3 is 2.56 bits per heavy atom. The van der Waals surface area contributed by atoms with Crippen molar-refractivity contribution in [2.24, 2.45) is 0 Å². The Bertz CT molecular complexity index is 1010. The summed E-state index contributed by atoms with van der Waals surface area (Å²) in [7, 11) is 0. The van der Waals surface area contributed by atoms with Gasteiger partial charge in [-0.1, -0.05) is 53.7 Å². The van der Waals surface area contributed by atoms with Crippen LogP contribution in [0.3, 0.4) is 0 Å². The van der Waals surface area contributed by atoms with Gasteiger partial charge in [-0.15, -0.1) is 0 Å². The first-order chi connectivity index (χ1) is 13.0. The van der Waals surface area contributed by atoms with E-state index in [-0.39, 0.29) is 11.7 Å². The van der Waals surface area contributed by atoms with Crippen molar-refractivity contribution in [1.29, 1.82) is 5.26 Å². The Balaban J connectivity index is 1.73. The summed E-state index contributed by atoms with van der Waals surface area (Å²) in [4.78, 5) is 16.8. The molecule has 0 bridgehead atoms. The van der Waals surface area contributed by atoms with Gasteiger partial charge in [-0.3, -0.25) is 4.79 Å². The number of carbonyl (C=O) groups excluding carboxylic acids is 1. The van der Waals surface area contributed by atoms with Gasteiger partial charge < -0.3 is 5.32 Å². The van der Waals surface area contributed by atoms with Crippen molar-refractivity contribution in [3.05, 3.63) is 77.4 Å². The monoisotopic (exact) mass is 373 g/mol. The number of hydrogen-bond donors (Lipinski definition) is 1. The highest BCUT2D eigenvalue weighted by Crippen LogP contribution is 2.25. The van der Waals surface area contributed by atoms with E-state index in [1.807, 2.05) is 68.4 Å². The SMILES string of the molecule is Cc1ccc(-c2ccc(C#N)c(SCC(=O)Nc3cccc(C)c3)n2)cc1. The fourth-order valence-electron chi connectivity index (χ4n) is 2.57. The molecule has 0 radical (unpaired) electrons. The molecule has 27 heavy (non-hydrogen) atoms. The molecular formula is C22H19N3OS. The maximum absolute atomic E-state index is 12.2. The second-order valence-corrected chi connectivity index (χ2v) is 7.20. The van der Waals surface area contributed by atoms with Gasteiger partial charge in [0.15, 0.2) is 0 Å². The van der Waals surface area contributed by atoms with E-state index < -0.39 is 0 Å². The number of nitrogens with one attached hydrogen (secondary N) is 1. The largest absolute Gasteiger partial charge is 0.325 e. The standard InChI is InChI=1S/C22H19N3OS/c1-15-6-8-17(9-7-15)20-11-10-18(13-23)22(25-20)27-14-21(26)24-19-5-3-4-16(2)12-19/h3-12H,14H2,1-2H3,(H,24,26). The van der Waals surface area contributed by atoms with E-state index in [1.54, 1.807) is 6.07 Å². The van der Waals surface area contributed by atoms with Crippen molar-refractivity contribution in [3.8, 4) is 17.3 Å². The molecule has 0 unspecified atom stereocenters. The number of thioether (sulfide) groups is 1. The molecule has 1 N–H and O–H groups in total. The zero-order chi connectivity index (χ0) is 19.2. The van der Waals surface area contributed by atoms with Gasteiger partial charge in [0.05, 0.1) is 17.0 Å². The van der Waals surface area contributed by atoms with E-state index in [2.05, 4.69) is 16.4 Å². The van der Waals surface area contributed by atoms with E-state index in [0.29, 0.717) is 10.6 Å². The summed E-state index contributed by atoms with van der Waals surface area (Å²) in [6.45, 7) is 4.01. The maximum Gasteiger partial charge on any atom is 0.234 e. The highest BCUT2D eigenvalue weighted by atomic mass is 32.2. The van der Waals surface area contributed by atoms with Gasteiger partial charge >= 0.3 is 0 Å². The number of carbonyl (C=O) groups is 1. The Morgan fingerprint density at radius 1 is 1.07 bits per heavy atom. The number of nitriles is 1. The number of rotatable bonds is 5. The number of benzene rings is 2. The van der Waals surface area contributed by atoms with Crippen LogP contribution in [0.15, 0.2) is 65.7 Å². The molecule has 3 aromatic rings. The average Bonchev–Trinajstić information content (AvgIpc) is 2.67. The van der Waals surface area contributed by atoms with Gasteiger partial charge in [-0.05, 0) is 43.7 Å². The molecule has 2 aromatic carbocycles. The molecule has 0 fully saturated rings. The van der Waals surface area contributed by atoms with E-state index >= 15 is 0 Å². The number of nitrogens with zero attached hydrogens (tertiary/aromatic N) is 2. The zero-order valence-electron chi connectivity index (χ0n) is 15.2. The number of hydrogen-bond acceptors (Lipinski definition) is 4. The minimum atomic E-state index is -0.128. The van der Waals surface area contributed by atoms with Gasteiger partial charge in [0.25, 0.3) is 0 Å². The Morgan fingerprint density at radius 2 is 1.85 bits per heavy atom. The zero-order valence-corrected chi connectivity index (χ0v) is 16.0. The molecule has 3 rings (SSSR count). The highest BCUT2D eigenvalue weighted by Gasteiger charge is 2.11. The molecule has 5 heteroatoms. The van der Waals surface area contributed by atoms with E-state index in [9.17, 15) is 10.1 Å². The number of aromatic nitrogens is 1. The van der Waals surface area contributed by atoms with Crippen molar-refractivity contribution in [3.63, 3.8) is 0 Å². The van der Waals surface area contributed by atoms with Crippen LogP contribution in [0.4, 0.5) is 5.69 Å². The van der Waals surface area contributed by atoms with Crippen molar-refractivity contribution >= 4 is 23.4 Å². The lowest BCUT2D eigenvalue weighted by molar-refractivity contribution is -0.113. The minimum absolute atomic E-state index is 0.128. The summed E-state index contributed by atoms with van der Waals surface area (Å²) in [6.07, 6.45) is 0. The molecule has 134 valence electrons. The Kier molecular flexibility index (Phi) is 5.90. The summed E-state index contributed by atoms with van der Waals surface area (Å²) in [6, 6.07) is 21.4. The van der Waals surface area contributed by atoms with Crippen LogP contribution < -0.4 is 5.32 Å². The van der Waals surface area contributed by atoms with Gasteiger partial charge in [-0.2, -0.15) is 5.26 Å². The topological polar surface area (TPSA) is 65.8 Å². The molecule has 1 heterocycles. The Labute approximate surface area is 163 Å². The number of amides is 1. The van der Waals surface area contributed by atoms with E-state index in [4.69, 9.17) is 0 Å². The molecule has 1 amide bonds. The van der Waals surface area contributed by atoms with E-state index in [0.717, 1.165) is 22.5 Å². The smallest absolute Gasteiger partial charge is 0.234 e. The van der Waals surface area contributed by atoms with Gasteiger partial charge in [-0.25, -0.2) is 4.98 Å². The van der Waals surface area contributed by atoms with E-state index in [1.165, 1.54) is 17.3 Å². The molecule has 4 nitrogen and oxygen atoms in total. The molecule has 0 saturated carbocycles. The predicted molar refractivity (Wildman–Crippen MR) is 110 cm³/mol. The highest BCUT2D eigenvalue weighted by molar-refractivity contribution is 8.00. The number of anilines is 1. The lowest BCUT2D eigenvalue weighted by atomic mass is 10.1. The fourth-order valence-corrected chi connectivity index (χ4v) is 3.35. The van der Waals surface area contributed by atoms with Crippen LogP contribution in [0.1, 0.15) is 16.7 Å². The first-order valence-corrected chi connectivity index (χ1v) is 9.51. The minimum Gasteiger partial charge on any atom is -0.325 e. The van der Waals surface area contributed by atoms with Gasteiger partial charge in [0.1, 0.15) is 11.1 Å². The molecular weight excluding hydrogens is 354 g/mol. The average molecular weight is 373 g/mol. The third-order valence-electron chi connectivity index (χ3n) is 3.97. The van der Waals surface area contributed by atoms with Crippen LogP contribution in [0.2, 0.25) is 0 Å². The van der Waals surface area contributed by atoms with Crippen LogP contribution in [0.25, 0.3) is 11.3 Å². The van der Waals surface area contributed by atoms with Gasteiger partial charge in [0.2, 0.25) is 5.91 Å². The van der Waals surface area contributed by atoms with Crippen LogP contribution in [0.5, 0.6) is 0 Å². The molecule has 0 aliphatic carbocycles. The predicted octanol–water partition coefficient (Wildman–Crippen LogP) is 4.97. The molecule has 0 aliphatic heterocycles. The Hall–Kier alpha value is -3.10. The third kappa shape index (κ3) is 4.96. The summed E-state index contributed by atoms with van der Waals surface area (Å²) in [5, 5.41) is 12.8. The maximum atomic E-state index is 12.2. The number of aryl methyl sites for hydroxylation is 2. The summed E-state index contributed by atoms with van der Waals surface area (Å²) in [5.41, 5.74) is 5.27. The second kappa shape index (κ2) is 8.52. The quantitative estimate of drug-likeness (QED) is 0.641. The molecule has 0 saturated heterocycles. The lowest BCUT2D eigenvalue weighted by Gasteiger charge is -2.08. The molecule has 0 aliphatic rings. The van der Waals surface area contributed by atoms with Crippen molar-refractivity contribution < 1.29 is 4.79 Å². The normalized spacial score (nSPS) is 10.3. The molecule has 1 aromatic heterocycles. The number of pyridine rings is 1. The van der Waals surface area contributed by atoms with Gasteiger partial charge in [0, 0.05) is 11.3 Å². The molecule has 0 spiro atoms. The van der Waals surface area contributed by atoms with Crippen molar-refractivity contribution in [2.75, 3.05) is 11.1 Å². The van der Waals surface area contributed by atoms with Crippen molar-refractivity contribution in [1.82, 2.24) is 4.98 Å². The fraction of sp³-hybridized carbons (Fsp3) is 0.136.